The lowest BCUT2D eigenvalue weighted by atomic mass is 9.94. The average Bonchev–Trinajstić information content (AvgIpc) is 3.06. The van der Waals surface area contributed by atoms with Crippen molar-refractivity contribution in [2.24, 2.45) is 4.99 Å². The Morgan fingerprint density at radius 3 is 2.42 bits per heavy atom. The van der Waals surface area contributed by atoms with Crippen LogP contribution in [0.15, 0.2) is 29.4 Å². The molecule has 1 unspecified atom stereocenters. The summed E-state index contributed by atoms with van der Waals surface area (Å²) >= 11 is 0. The maximum Gasteiger partial charge on any atom is 0.151 e. The first kappa shape index (κ1) is 33.6. The first-order chi connectivity index (χ1) is 21.9. The van der Waals surface area contributed by atoms with E-state index in [1.165, 1.54) is 61.8 Å². The molecule has 1 saturated carbocycles. The molecule has 3 aliphatic rings. The molecular weight excluding hydrogens is 563 g/mol. The van der Waals surface area contributed by atoms with Gasteiger partial charge in [0.2, 0.25) is 0 Å². The van der Waals surface area contributed by atoms with Crippen molar-refractivity contribution in [1.29, 1.82) is 0 Å². The van der Waals surface area contributed by atoms with Crippen LogP contribution in [0.25, 0.3) is 11.1 Å². The van der Waals surface area contributed by atoms with Crippen molar-refractivity contribution >= 4 is 28.6 Å². The van der Waals surface area contributed by atoms with Gasteiger partial charge in [-0.25, -0.2) is 9.37 Å². The van der Waals surface area contributed by atoms with E-state index in [1.807, 2.05) is 13.2 Å². The summed E-state index contributed by atoms with van der Waals surface area (Å²) in [7, 11) is 1.96. The third kappa shape index (κ3) is 8.54. The topological polar surface area (TPSA) is 85.0 Å². The normalized spacial score (nSPS) is 20.5. The number of nitrogens with zero attached hydrogens (tertiary/aromatic N) is 5. The van der Waals surface area contributed by atoms with Gasteiger partial charge in [-0.2, -0.15) is 0 Å². The highest BCUT2D eigenvalue weighted by Gasteiger charge is 2.29. The summed E-state index contributed by atoms with van der Waals surface area (Å²) in [5.74, 6) is 0.479. The van der Waals surface area contributed by atoms with Gasteiger partial charge in [-0.15, -0.1) is 0 Å². The van der Waals surface area contributed by atoms with Crippen LogP contribution in [-0.2, 0) is 6.42 Å². The lowest BCUT2D eigenvalue weighted by molar-refractivity contribution is 0.0728. The molecule has 1 aromatic heterocycles. The molecule has 2 saturated heterocycles. The molecule has 0 spiro atoms. The fourth-order valence-electron chi connectivity index (χ4n) is 7.53. The molecule has 1 atom stereocenters. The van der Waals surface area contributed by atoms with Gasteiger partial charge in [0, 0.05) is 87.6 Å². The number of nitrogens with one attached hydrogen (secondary N) is 2. The second-order valence-corrected chi connectivity index (χ2v) is 13.4. The average molecular weight is 621 g/mol. The Labute approximate surface area is 271 Å². The molecule has 1 aromatic carbocycles. The molecule has 248 valence electrons. The molecule has 3 heterocycles. The molecule has 3 fully saturated rings. The van der Waals surface area contributed by atoms with Crippen LogP contribution in [-0.4, -0.2) is 98.2 Å². The van der Waals surface area contributed by atoms with Gasteiger partial charge in [-0.1, -0.05) is 39.2 Å². The third-order valence-corrected chi connectivity index (χ3v) is 10.1. The van der Waals surface area contributed by atoms with E-state index in [4.69, 9.17) is 10.7 Å². The lowest BCUT2D eigenvalue weighted by Crippen LogP contribution is -2.53. The maximum absolute atomic E-state index is 13.5. The Kier molecular flexibility index (Phi) is 12.1. The van der Waals surface area contributed by atoms with Crippen LogP contribution in [0, 0.1) is 0 Å². The number of aromatic nitrogens is 1. The van der Waals surface area contributed by atoms with Gasteiger partial charge in [0.05, 0.1) is 5.69 Å². The molecule has 0 radical (unpaired) electrons. The number of rotatable bonds is 12. The number of hydrogen-bond donors (Lipinski definition) is 3. The second kappa shape index (κ2) is 16.2. The van der Waals surface area contributed by atoms with E-state index in [0.29, 0.717) is 24.4 Å². The SMILES string of the molecule is CCC(CNC)=Nc1c(N)ncc(-c2ccc(N3CCC(N4CCN(CC(C)F)CC4)CC3)c(CC)c2)c1NC1CCCCC1. The van der Waals surface area contributed by atoms with Crippen LogP contribution in [0.5, 0.6) is 0 Å². The standard InChI is InChI=1S/C36H57FN8/c1-5-27-22-28(12-13-33(27)45-16-14-31(15-17-45)44-20-18-43(19-21-44)25-26(3)37)32-24-40-36(38)35(41-29(6-2)23-39-4)34(32)42-30-10-8-7-9-11-30/h12-13,22,24,26,30-31,39H,5-11,14-21,23,25H2,1-4H3,(H3,38,40,42). The van der Waals surface area contributed by atoms with Crippen LogP contribution in [0.3, 0.4) is 0 Å². The molecule has 0 amide bonds. The minimum absolute atomic E-state index is 0.420. The number of nitrogen functional groups attached to an aromatic ring is 1. The fraction of sp³-hybridized carbons (Fsp3) is 0.667. The monoisotopic (exact) mass is 620 g/mol. The number of piperidine rings is 1. The van der Waals surface area contributed by atoms with E-state index in [1.54, 1.807) is 6.92 Å². The van der Waals surface area contributed by atoms with Gasteiger partial charge in [0.1, 0.15) is 11.9 Å². The van der Waals surface area contributed by atoms with E-state index >= 15 is 0 Å². The Balaban J connectivity index is 1.36. The van der Waals surface area contributed by atoms with E-state index < -0.39 is 6.17 Å². The summed E-state index contributed by atoms with van der Waals surface area (Å²) in [5.41, 5.74) is 14.4. The zero-order valence-corrected chi connectivity index (χ0v) is 28.3. The smallest absolute Gasteiger partial charge is 0.151 e. The van der Waals surface area contributed by atoms with Crippen LogP contribution in [0.1, 0.15) is 77.7 Å². The van der Waals surface area contributed by atoms with Gasteiger partial charge in [0.15, 0.2) is 5.82 Å². The predicted octanol–water partition coefficient (Wildman–Crippen LogP) is 6.28. The summed E-state index contributed by atoms with van der Waals surface area (Å²) < 4.78 is 13.5. The Bertz CT molecular complexity index is 1260. The first-order valence-corrected chi connectivity index (χ1v) is 17.6. The summed E-state index contributed by atoms with van der Waals surface area (Å²) in [4.78, 5) is 17.3. The van der Waals surface area contributed by atoms with Crippen molar-refractivity contribution in [3.63, 3.8) is 0 Å². The van der Waals surface area contributed by atoms with E-state index in [-0.39, 0.29) is 0 Å². The van der Waals surface area contributed by atoms with Crippen molar-refractivity contribution in [2.45, 2.75) is 96.8 Å². The van der Waals surface area contributed by atoms with Crippen LogP contribution < -0.4 is 21.3 Å². The van der Waals surface area contributed by atoms with E-state index in [2.05, 4.69) is 62.4 Å². The molecule has 1 aliphatic carbocycles. The second-order valence-electron chi connectivity index (χ2n) is 13.4. The van der Waals surface area contributed by atoms with E-state index in [9.17, 15) is 4.39 Å². The van der Waals surface area contributed by atoms with Gasteiger partial charge < -0.3 is 21.3 Å². The zero-order valence-electron chi connectivity index (χ0n) is 28.3. The Hall–Kier alpha value is -2.75. The zero-order chi connectivity index (χ0) is 31.8. The molecule has 2 aromatic rings. The largest absolute Gasteiger partial charge is 0.382 e. The number of aryl methyl sites for hydroxylation is 1. The summed E-state index contributed by atoms with van der Waals surface area (Å²) in [6, 6.07) is 8.01. The van der Waals surface area contributed by atoms with Gasteiger partial charge in [0.25, 0.3) is 0 Å². The summed E-state index contributed by atoms with van der Waals surface area (Å²) in [6.45, 7) is 13.6. The highest BCUT2D eigenvalue weighted by molar-refractivity contribution is 5.96. The number of alkyl halides is 1. The number of hydrogen-bond acceptors (Lipinski definition) is 8. The van der Waals surface area contributed by atoms with Crippen molar-refractivity contribution in [1.82, 2.24) is 20.1 Å². The summed E-state index contributed by atoms with van der Waals surface area (Å²) in [5, 5.41) is 7.16. The maximum atomic E-state index is 13.5. The molecule has 4 N–H and O–H groups in total. The number of pyridine rings is 1. The van der Waals surface area contributed by atoms with Crippen molar-refractivity contribution in [3.05, 3.63) is 30.0 Å². The van der Waals surface area contributed by atoms with E-state index in [0.717, 1.165) is 81.3 Å². The van der Waals surface area contributed by atoms with Gasteiger partial charge in [-0.05, 0) is 75.8 Å². The highest BCUT2D eigenvalue weighted by Crippen LogP contribution is 2.42. The van der Waals surface area contributed by atoms with Crippen molar-refractivity contribution in [2.75, 3.05) is 75.4 Å². The number of anilines is 3. The number of nitrogens with two attached hydrogens (primary N) is 1. The Morgan fingerprint density at radius 1 is 1.04 bits per heavy atom. The van der Waals surface area contributed by atoms with Crippen LogP contribution >= 0.6 is 0 Å². The first-order valence-electron chi connectivity index (χ1n) is 17.6. The molecule has 8 nitrogen and oxygen atoms in total. The van der Waals surface area contributed by atoms with Gasteiger partial charge >= 0.3 is 0 Å². The van der Waals surface area contributed by atoms with Gasteiger partial charge in [-0.3, -0.25) is 14.8 Å². The predicted molar refractivity (Wildman–Crippen MR) is 189 cm³/mol. The summed E-state index contributed by atoms with van der Waals surface area (Å²) in [6.07, 6.45) is 11.5. The molecule has 0 bridgehead atoms. The minimum atomic E-state index is -0.747. The number of aliphatic imine (C=N–C) groups is 1. The minimum Gasteiger partial charge on any atom is -0.382 e. The highest BCUT2D eigenvalue weighted by atomic mass is 19.1. The quantitative estimate of drug-likeness (QED) is 0.241. The van der Waals surface area contributed by atoms with Crippen molar-refractivity contribution < 1.29 is 4.39 Å². The number of piperazine rings is 1. The molecule has 2 aliphatic heterocycles. The third-order valence-electron chi connectivity index (χ3n) is 10.1. The lowest BCUT2D eigenvalue weighted by Gasteiger charge is -2.43. The van der Waals surface area contributed by atoms with Crippen LogP contribution in [0.2, 0.25) is 0 Å². The van der Waals surface area contributed by atoms with Crippen molar-refractivity contribution in [3.8, 4) is 11.1 Å². The number of benzene rings is 1. The molecule has 45 heavy (non-hydrogen) atoms. The van der Waals surface area contributed by atoms with Crippen LogP contribution in [0.4, 0.5) is 27.3 Å². The number of halogens is 1. The molecule has 9 heteroatoms. The molecule has 5 rings (SSSR count). The Morgan fingerprint density at radius 2 is 1.78 bits per heavy atom. The fourth-order valence-corrected chi connectivity index (χ4v) is 7.53. The molecular formula is C36H57FN8.